The Bertz CT molecular complexity index is 843. The second-order valence-electron chi connectivity index (χ2n) is 6.36. The van der Waals surface area contributed by atoms with Gasteiger partial charge in [-0.25, -0.2) is 9.48 Å². The van der Waals surface area contributed by atoms with Crippen molar-refractivity contribution in [1.29, 1.82) is 0 Å². The molecule has 6 heteroatoms. The van der Waals surface area contributed by atoms with Gasteiger partial charge in [-0.05, 0) is 42.8 Å². The number of likely N-dealkylation sites (N-methyl/N-ethyl adjacent to an activating group) is 1. The monoisotopic (exact) mass is 364 g/mol. The first-order valence-electron chi connectivity index (χ1n) is 8.89. The van der Waals surface area contributed by atoms with Gasteiger partial charge in [0.2, 0.25) is 0 Å². The van der Waals surface area contributed by atoms with Crippen molar-refractivity contribution in [2.24, 2.45) is 0 Å². The second-order valence-corrected chi connectivity index (χ2v) is 6.36. The fourth-order valence-electron chi connectivity index (χ4n) is 2.54. The Labute approximate surface area is 159 Å². The molecule has 0 aliphatic rings. The Kier molecular flexibility index (Phi) is 6.10. The summed E-state index contributed by atoms with van der Waals surface area (Å²) >= 11 is 0. The van der Waals surface area contributed by atoms with Crippen molar-refractivity contribution in [3.05, 3.63) is 78.1 Å². The number of aryl methyl sites for hydroxylation is 1. The number of benzene rings is 2. The van der Waals surface area contributed by atoms with E-state index in [1.165, 1.54) is 5.56 Å². The molecule has 2 amide bonds. The molecule has 1 heterocycles. The Hall–Kier alpha value is -3.28. The summed E-state index contributed by atoms with van der Waals surface area (Å²) in [5, 5.41) is 7.11. The fraction of sp³-hybridized carbons (Fsp3) is 0.238. The highest BCUT2D eigenvalue weighted by molar-refractivity contribution is 5.73. The third-order valence-corrected chi connectivity index (χ3v) is 4.21. The molecule has 1 N–H and O–H groups in total. The first kappa shape index (κ1) is 18.5. The summed E-state index contributed by atoms with van der Waals surface area (Å²) in [5.41, 5.74) is 3.21. The van der Waals surface area contributed by atoms with Crippen LogP contribution in [0.25, 0.3) is 5.69 Å². The lowest BCUT2D eigenvalue weighted by atomic mass is 10.2. The molecular formula is C21H24N4O2. The predicted molar refractivity (Wildman–Crippen MR) is 105 cm³/mol. The Balaban J connectivity index is 1.41. The van der Waals surface area contributed by atoms with Crippen LogP contribution in [-0.4, -0.2) is 40.9 Å². The van der Waals surface area contributed by atoms with Crippen LogP contribution in [0, 0.1) is 6.92 Å². The number of nitrogens with zero attached hydrogens (tertiary/aromatic N) is 3. The number of amides is 2. The molecule has 0 saturated heterocycles. The van der Waals surface area contributed by atoms with E-state index in [-0.39, 0.29) is 6.03 Å². The summed E-state index contributed by atoms with van der Waals surface area (Å²) in [5.74, 6) is 0.812. The zero-order chi connectivity index (χ0) is 19.1. The molecule has 2 aromatic carbocycles. The van der Waals surface area contributed by atoms with Crippen molar-refractivity contribution >= 4 is 6.03 Å². The van der Waals surface area contributed by atoms with Gasteiger partial charge in [-0.2, -0.15) is 5.10 Å². The average molecular weight is 364 g/mol. The number of hydrogen-bond acceptors (Lipinski definition) is 3. The highest BCUT2D eigenvalue weighted by atomic mass is 16.5. The topological polar surface area (TPSA) is 59.4 Å². The molecule has 0 saturated carbocycles. The Morgan fingerprint density at radius 3 is 2.56 bits per heavy atom. The Morgan fingerprint density at radius 2 is 1.89 bits per heavy atom. The molecule has 27 heavy (non-hydrogen) atoms. The van der Waals surface area contributed by atoms with Gasteiger partial charge >= 0.3 is 6.03 Å². The predicted octanol–water partition coefficient (Wildman–Crippen LogP) is 3.40. The normalized spacial score (nSPS) is 10.4. The van der Waals surface area contributed by atoms with Crippen LogP contribution >= 0.6 is 0 Å². The molecule has 6 nitrogen and oxygen atoms in total. The fourth-order valence-corrected chi connectivity index (χ4v) is 2.54. The van der Waals surface area contributed by atoms with E-state index in [0.717, 1.165) is 17.0 Å². The molecule has 0 atom stereocenters. The van der Waals surface area contributed by atoms with Crippen molar-refractivity contribution in [2.45, 2.75) is 13.5 Å². The average Bonchev–Trinajstić information content (AvgIpc) is 3.23. The molecule has 3 aromatic rings. The second kappa shape index (κ2) is 8.89. The highest BCUT2D eigenvalue weighted by Crippen LogP contribution is 2.11. The number of aromatic nitrogens is 2. The summed E-state index contributed by atoms with van der Waals surface area (Å²) < 4.78 is 7.46. The van der Waals surface area contributed by atoms with Gasteiger partial charge in [0.1, 0.15) is 12.4 Å². The van der Waals surface area contributed by atoms with Gasteiger partial charge in [0.05, 0.1) is 12.2 Å². The van der Waals surface area contributed by atoms with Crippen molar-refractivity contribution in [3.8, 4) is 11.4 Å². The largest absolute Gasteiger partial charge is 0.492 e. The molecule has 0 unspecified atom stereocenters. The summed E-state index contributed by atoms with van der Waals surface area (Å²) in [7, 11) is 1.76. The number of ether oxygens (including phenoxy) is 1. The van der Waals surface area contributed by atoms with E-state index in [1.54, 1.807) is 22.8 Å². The van der Waals surface area contributed by atoms with Gasteiger partial charge in [0.25, 0.3) is 0 Å². The van der Waals surface area contributed by atoms with Crippen LogP contribution in [0.15, 0.2) is 67.0 Å². The zero-order valence-corrected chi connectivity index (χ0v) is 15.6. The smallest absolute Gasteiger partial charge is 0.317 e. The van der Waals surface area contributed by atoms with Crippen LogP contribution in [0.4, 0.5) is 4.79 Å². The quantitative estimate of drug-likeness (QED) is 0.699. The lowest BCUT2D eigenvalue weighted by molar-refractivity contribution is 0.195. The number of urea groups is 1. The van der Waals surface area contributed by atoms with Gasteiger partial charge in [0, 0.05) is 26.0 Å². The van der Waals surface area contributed by atoms with E-state index < -0.39 is 0 Å². The maximum Gasteiger partial charge on any atom is 0.317 e. The maximum absolute atomic E-state index is 12.2. The van der Waals surface area contributed by atoms with Crippen molar-refractivity contribution in [3.63, 3.8) is 0 Å². The van der Waals surface area contributed by atoms with Crippen LogP contribution < -0.4 is 10.1 Å². The molecule has 1 aromatic heterocycles. The number of rotatable bonds is 7. The van der Waals surface area contributed by atoms with Gasteiger partial charge in [0.15, 0.2) is 0 Å². The van der Waals surface area contributed by atoms with E-state index in [9.17, 15) is 4.79 Å². The van der Waals surface area contributed by atoms with Crippen LogP contribution in [0.5, 0.6) is 5.75 Å². The Morgan fingerprint density at radius 1 is 1.15 bits per heavy atom. The SMILES string of the molecule is Cc1ccc(OCCN(C)C(=O)NCc2ccc(-n3cccn3)cc2)cc1. The van der Waals surface area contributed by atoms with Gasteiger partial charge in [-0.15, -0.1) is 0 Å². The summed E-state index contributed by atoms with van der Waals surface area (Å²) in [6.07, 6.45) is 3.64. The summed E-state index contributed by atoms with van der Waals surface area (Å²) in [4.78, 5) is 13.8. The lowest BCUT2D eigenvalue weighted by Crippen LogP contribution is -2.39. The molecule has 3 rings (SSSR count). The van der Waals surface area contributed by atoms with Gasteiger partial charge in [-0.3, -0.25) is 0 Å². The standard InChI is InChI=1S/C21H24N4O2/c1-17-4-10-20(11-5-17)27-15-14-24(2)21(26)22-16-18-6-8-19(9-7-18)25-13-3-12-23-25/h3-13H,14-16H2,1-2H3,(H,22,26). The van der Waals surface area contributed by atoms with Crippen molar-refractivity contribution in [2.75, 3.05) is 20.2 Å². The van der Waals surface area contributed by atoms with E-state index in [1.807, 2.05) is 67.7 Å². The number of carbonyl (C=O) groups excluding carboxylic acids is 1. The van der Waals surface area contributed by atoms with Crippen LogP contribution in [-0.2, 0) is 6.54 Å². The van der Waals surface area contributed by atoms with Crippen molar-refractivity contribution in [1.82, 2.24) is 20.0 Å². The van der Waals surface area contributed by atoms with Crippen LogP contribution in [0.2, 0.25) is 0 Å². The van der Waals surface area contributed by atoms with Gasteiger partial charge < -0.3 is 15.0 Å². The zero-order valence-electron chi connectivity index (χ0n) is 15.6. The first-order chi connectivity index (χ1) is 13.1. The third kappa shape index (κ3) is 5.34. The van der Waals surface area contributed by atoms with Crippen molar-refractivity contribution < 1.29 is 9.53 Å². The molecule has 140 valence electrons. The molecule has 0 aliphatic heterocycles. The number of carbonyl (C=O) groups is 1. The minimum atomic E-state index is -0.126. The molecule has 0 bridgehead atoms. The maximum atomic E-state index is 12.2. The first-order valence-corrected chi connectivity index (χ1v) is 8.89. The number of hydrogen-bond donors (Lipinski definition) is 1. The molecule has 0 aliphatic carbocycles. The van der Waals surface area contributed by atoms with E-state index in [4.69, 9.17) is 4.74 Å². The molecular weight excluding hydrogens is 340 g/mol. The number of nitrogens with one attached hydrogen (secondary N) is 1. The lowest BCUT2D eigenvalue weighted by Gasteiger charge is -2.18. The van der Waals surface area contributed by atoms with Gasteiger partial charge in [-0.1, -0.05) is 29.8 Å². The van der Waals surface area contributed by atoms with Crippen LogP contribution in [0.1, 0.15) is 11.1 Å². The van der Waals surface area contributed by atoms with E-state index in [2.05, 4.69) is 10.4 Å². The van der Waals surface area contributed by atoms with E-state index in [0.29, 0.717) is 19.7 Å². The minimum absolute atomic E-state index is 0.126. The van der Waals surface area contributed by atoms with E-state index >= 15 is 0 Å². The third-order valence-electron chi connectivity index (χ3n) is 4.21. The molecule has 0 spiro atoms. The molecule has 0 radical (unpaired) electrons. The van der Waals surface area contributed by atoms with Crippen LogP contribution in [0.3, 0.4) is 0 Å². The summed E-state index contributed by atoms with van der Waals surface area (Å²) in [6.45, 7) is 3.47. The minimum Gasteiger partial charge on any atom is -0.492 e. The summed E-state index contributed by atoms with van der Waals surface area (Å²) in [6, 6.07) is 17.6. The molecule has 0 fully saturated rings. The highest BCUT2D eigenvalue weighted by Gasteiger charge is 2.08.